The van der Waals surface area contributed by atoms with Gasteiger partial charge in [-0.05, 0) is 31.5 Å². The van der Waals surface area contributed by atoms with Crippen LogP contribution in [0.4, 0.5) is 11.4 Å². The van der Waals surface area contributed by atoms with E-state index >= 15 is 0 Å². The van der Waals surface area contributed by atoms with Gasteiger partial charge in [-0.2, -0.15) is 0 Å². The summed E-state index contributed by atoms with van der Waals surface area (Å²) in [5, 5.41) is 19.4. The lowest BCUT2D eigenvalue weighted by atomic mass is 10.2. The molecule has 1 aromatic carbocycles. The maximum atomic E-state index is 12.0. The van der Waals surface area contributed by atoms with Gasteiger partial charge in [-0.25, -0.2) is 4.98 Å². The Kier molecular flexibility index (Phi) is 6.84. The monoisotopic (exact) mass is 363 g/mol. The standard InChI is InChI=1S/C16H21N5O3S/c1-11-3-4-12(14(9-11)21(23)24)18-7-2-8-19-16(22)13-10-25-15(20-13)5-6-17/h3-4,9-10,18H,2,5-8,17H2,1H3,(H,19,22). The van der Waals surface area contributed by atoms with Gasteiger partial charge in [0.2, 0.25) is 0 Å². The maximum Gasteiger partial charge on any atom is 0.292 e. The maximum absolute atomic E-state index is 12.0. The summed E-state index contributed by atoms with van der Waals surface area (Å²) in [6.07, 6.45) is 1.30. The van der Waals surface area contributed by atoms with Crippen LogP contribution in [-0.4, -0.2) is 35.4 Å². The molecule has 1 amide bonds. The third-order valence-electron chi connectivity index (χ3n) is 3.45. The Morgan fingerprint density at radius 3 is 2.92 bits per heavy atom. The molecule has 1 aromatic heterocycles. The second kappa shape index (κ2) is 9.09. The zero-order valence-corrected chi connectivity index (χ0v) is 14.8. The number of benzene rings is 1. The zero-order chi connectivity index (χ0) is 18.2. The van der Waals surface area contributed by atoms with Crippen molar-refractivity contribution in [3.05, 3.63) is 50.0 Å². The molecule has 0 fully saturated rings. The number of hydrogen-bond acceptors (Lipinski definition) is 7. The number of hydrogen-bond donors (Lipinski definition) is 3. The van der Waals surface area contributed by atoms with E-state index in [9.17, 15) is 14.9 Å². The lowest BCUT2D eigenvalue weighted by molar-refractivity contribution is -0.384. The third-order valence-corrected chi connectivity index (χ3v) is 4.36. The Balaban J connectivity index is 1.76. The van der Waals surface area contributed by atoms with E-state index in [1.165, 1.54) is 17.4 Å². The molecule has 134 valence electrons. The molecular formula is C16H21N5O3S. The average Bonchev–Trinajstić information content (AvgIpc) is 3.04. The number of aryl methyl sites for hydroxylation is 1. The fourth-order valence-electron chi connectivity index (χ4n) is 2.20. The molecule has 0 unspecified atom stereocenters. The second-order valence-corrected chi connectivity index (χ2v) is 6.42. The summed E-state index contributed by atoms with van der Waals surface area (Å²) in [5.74, 6) is -0.221. The summed E-state index contributed by atoms with van der Waals surface area (Å²) in [4.78, 5) is 26.8. The quantitative estimate of drug-likeness (QED) is 0.356. The van der Waals surface area contributed by atoms with Crippen LogP contribution >= 0.6 is 11.3 Å². The molecule has 0 aliphatic heterocycles. The van der Waals surface area contributed by atoms with Crippen LogP contribution in [0.1, 0.15) is 27.5 Å². The molecule has 8 nitrogen and oxygen atoms in total. The molecule has 0 bridgehead atoms. The number of nitro benzene ring substituents is 1. The minimum atomic E-state index is -0.404. The normalized spacial score (nSPS) is 10.5. The minimum absolute atomic E-state index is 0.0546. The molecule has 0 aliphatic rings. The number of amides is 1. The number of anilines is 1. The summed E-state index contributed by atoms with van der Waals surface area (Å²) in [7, 11) is 0. The van der Waals surface area contributed by atoms with Crippen LogP contribution in [0.2, 0.25) is 0 Å². The second-order valence-electron chi connectivity index (χ2n) is 5.48. The molecule has 0 aliphatic carbocycles. The lowest BCUT2D eigenvalue weighted by Crippen LogP contribution is -2.26. The molecule has 0 saturated carbocycles. The Morgan fingerprint density at radius 1 is 1.40 bits per heavy atom. The molecule has 25 heavy (non-hydrogen) atoms. The zero-order valence-electron chi connectivity index (χ0n) is 13.9. The number of rotatable bonds is 9. The molecular weight excluding hydrogens is 342 g/mol. The van der Waals surface area contributed by atoms with E-state index in [1.807, 2.05) is 13.0 Å². The predicted molar refractivity (Wildman–Crippen MR) is 98.1 cm³/mol. The van der Waals surface area contributed by atoms with Crippen LogP contribution in [0, 0.1) is 17.0 Å². The van der Waals surface area contributed by atoms with Gasteiger partial charge in [-0.15, -0.1) is 11.3 Å². The van der Waals surface area contributed by atoms with E-state index in [1.54, 1.807) is 11.4 Å². The number of thiazole rings is 1. The molecule has 4 N–H and O–H groups in total. The molecule has 2 rings (SSSR count). The molecule has 9 heteroatoms. The van der Waals surface area contributed by atoms with Crippen molar-refractivity contribution in [2.75, 3.05) is 25.0 Å². The van der Waals surface area contributed by atoms with Crippen molar-refractivity contribution in [3.8, 4) is 0 Å². The van der Waals surface area contributed by atoms with Crippen molar-refractivity contribution in [1.82, 2.24) is 10.3 Å². The average molecular weight is 363 g/mol. The first-order valence-electron chi connectivity index (χ1n) is 7.93. The number of carbonyl (C=O) groups excluding carboxylic acids is 1. The largest absolute Gasteiger partial charge is 0.379 e. The smallest absolute Gasteiger partial charge is 0.292 e. The Bertz CT molecular complexity index is 747. The molecule has 0 radical (unpaired) electrons. The van der Waals surface area contributed by atoms with Crippen LogP contribution in [0.5, 0.6) is 0 Å². The van der Waals surface area contributed by atoms with Crippen molar-refractivity contribution in [1.29, 1.82) is 0 Å². The number of nitrogens with one attached hydrogen (secondary N) is 2. The first-order valence-corrected chi connectivity index (χ1v) is 8.81. The predicted octanol–water partition coefficient (Wildman–Crippen LogP) is 2.09. The van der Waals surface area contributed by atoms with Crippen LogP contribution in [0.3, 0.4) is 0 Å². The Labute approximate surface area is 149 Å². The van der Waals surface area contributed by atoms with E-state index in [4.69, 9.17) is 5.73 Å². The van der Waals surface area contributed by atoms with Crippen LogP contribution in [0.25, 0.3) is 0 Å². The molecule has 1 heterocycles. The number of nitro groups is 1. The topological polar surface area (TPSA) is 123 Å². The van der Waals surface area contributed by atoms with E-state index < -0.39 is 4.92 Å². The SMILES string of the molecule is Cc1ccc(NCCCNC(=O)c2csc(CCN)n2)c([N+](=O)[O-])c1. The fraction of sp³-hybridized carbons (Fsp3) is 0.375. The number of carbonyl (C=O) groups is 1. The number of nitrogens with two attached hydrogens (primary N) is 1. The summed E-state index contributed by atoms with van der Waals surface area (Å²) in [5.41, 5.74) is 7.23. The van der Waals surface area contributed by atoms with Crippen molar-refractivity contribution < 1.29 is 9.72 Å². The first-order chi connectivity index (χ1) is 12.0. The fourth-order valence-corrected chi connectivity index (χ4v) is 2.99. The highest BCUT2D eigenvalue weighted by atomic mass is 32.1. The number of nitrogens with zero attached hydrogens (tertiary/aromatic N) is 2. The molecule has 0 atom stereocenters. The van der Waals surface area contributed by atoms with Gasteiger partial charge in [0.05, 0.1) is 9.93 Å². The van der Waals surface area contributed by atoms with Gasteiger partial charge in [0.1, 0.15) is 11.4 Å². The van der Waals surface area contributed by atoms with Crippen molar-refractivity contribution >= 4 is 28.6 Å². The Morgan fingerprint density at radius 2 is 2.20 bits per heavy atom. The molecule has 0 spiro atoms. The van der Waals surface area contributed by atoms with Gasteiger partial charge in [0.15, 0.2) is 0 Å². The summed E-state index contributed by atoms with van der Waals surface area (Å²) < 4.78 is 0. The van der Waals surface area contributed by atoms with Gasteiger partial charge in [0, 0.05) is 31.0 Å². The lowest BCUT2D eigenvalue weighted by Gasteiger charge is -2.08. The van der Waals surface area contributed by atoms with Gasteiger partial charge < -0.3 is 16.4 Å². The summed E-state index contributed by atoms with van der Waals surface area (Å²) in [6.45, 7) is 3.28. The Hall–Kier alpha value is -2.52. The van der Waals surface area contributed by atoms with E-state index in [0.717, 1.165) is 10.6 Å². The van der Waals surface area contributed by atoms with Gasteiger partial charge in [-0.3, -0.25) is 14.9 Å². The van der Waals surface area contributed by atoms with Gasteiger partial charge in [0.25, 0.3) is 11.6 Å². The van der Waals surface area contributed by atoms with Crippen molar-refractivity contribution in [2.24, 2.45) is 5.73 Å². The minimum Gasteiger partial charge on any atom is -0.379 e. The van der Waals surface area contributed by atoms with E-state index in [2.05, 4.69) is 15.6 Å². The molecule has 2 aromatic rings. The summed E-state index contributed by atoms with van der Waals surface area (Å²) in [6, 6.07) is 5.05. The van der Waals surface area contributed by atoms with Crippen molar-refractivity contribution in [3.63, 3.8) is 0 Å². The van der Waals surface area contributed by atoms with Gasteiger partial charge >= 0.3 is 0 Å². The highest BCUT2D eigenvalue weighted by molar-refractivity contribution is 7.09. The highest BCUT2D eigenvalue weighted by Crippen LogP contribution is 2.25. The summed E-state index contributed by atoms with van der Waals surface area (Å²) >= 11 is 1.42. The van der Waals surface area contributed by atoms with E-state index in [0.29, 0.717) is 43.9 Å². The molecule has 0 saturated heterocycles. The van der Waals surface area contributed by atoms with Crippen LogP contribution < -0.4 is 16.4 Å². The van der Waals surface area contributed by atoms with Crippen molar-refractivity contribution in [2.45, 2.75) is 19.8 Å². The third kappa shape index (κ3) is 5.50. The van der Waals surface area contributed by atoms with Gasteiger partial charge in [-0.1, -0.05) is 6.07 Å². The van der Waals surface area contributed by atoms with Crippen LogP contribution in [0.15, 0.2) is 23.6 Å². The van der Waals surface area contributed by atoms with E-state index in [-0.39, 0.29) is 11.6 Å². The highest BCUT2D eigenvalue weighted by Gasteiger charge is 2.13. The first kappa shape index (κ1) is 18.8. The van der Waals surface area contributed by atoms with Crippen LogP contribution in [-0.2, 0) is 6.42 Å². The number of aromatic nitrogens is 1.